The summed E-state index contributed by atoms with van der Waals surface area (Å²) in [7, 11) is 2.19. The summed E-state index contributed by atoms with van der Waals surface area (Å²) in [6, 6.07) is 3.93. The van der Waals surface area contributed by atoms with Crippen molar-refractivity contribution in [1.82, 2.24) is 4.90 Å². The summed E-state index contributed by atoms with van der Waals surface area (Å²) in [6.45, 7) is 6.37. The van der Waals surface area contributed by atoms with E-state index in [1.165, 1.54) is 0 Å². The van der Waals surface area contributed by atoms with Crippen LogP contribution >= 0.6 is 0 Å². The van der Waals surface area contributed by atoms with Crippen LogP contribution in [0, 0.1) is 22.7 Å². The van der Waals surface area contributed by atoms with Gasteiger partial charge < -0.3 is 4.90 Å². The molecule has 4 heteroatoms. The summed E-state index contributed by atoms with van der Waals surface area (Å²) in [5, 5.41) is 18.6. The second-order valence-electron chi connectivity index (χ2n) is 4.54. The van der Waals surface area contributed by atoms with Crippen LogP contribution < -0.4 is 0 Å². The molecule has 3 nitrogen and oxygen atoms in total. The van der Waals surface area contributed by atoms with Crippen LogP contribution in [0.25, 0.3) is 0 Å². The smallest absolute Gasteiger partial charge is 0.128 e. The van der Waals surface area contributed by atoms with Gasteiger partial charge in [-0.15, -0.1) is 0 Å². The van der Waals surface area contributed by atoms with E-state index in [0.29, 0.717) is 0 Å². The van der Waals surface area contributed by atoms with Gasteiger partial charge in [0.05, 0.1) is 8.07 Å². The van der Waals surface area contributed by atoms with Gasteiger partial charge in [0.2, 0.25) is 0 Å². The zero-order valence-corrected chi connectivity index (χ0v) is 11.0. The first-order valence-corrected chi connectivity index (χ1v) is 8.22. The molecule has 0 radical (unpaired) electrons. The highest BCUT2D eigenvalue weighted by Crippen LogP contribution is 2.19. The van der Waals surface area contributed by atoms with Gasteiger partial charge in [-0.05, 0) is 17.5 Å². The molecule has 0 aromatic rings. The van der Waals surface area contributed by atoms with E-state index in [1.54, 1.807) is 0 Å². The van der Waals surface area contributed by atoms with Gasteiger partial charge in [0.25, 0.3) is 0 Å². The Morgan fingerprint density at radius 3 is 1.87 bits per heavy atom. The van der Waals surface area contributed by atoms with Gasteiger partial charge >= 0.3 is 0 Å². The van der Waals surface area contributed by atoms with Crippen LogP contribution in [0.3, 0.4) is 0 Å². The van der Waals surface area contributed by atoms with Gasteiger partial charge in [0, 0.05) is 14.1 Å². The Morgan fingerprint density at radius 2 is 1.60 bits per heavy atom. The molecule has 0 bridgehead atoms. The van der Waals surface area contributed by atoms with Crippen molar-refractivity contribution in [2.45, 2.75) is 19.6 Å². The highest BCUT2D eigenvalue weighted by atomic mass is 28.3. The fraction of sp³-hybridized carbons (Fsp3) is 0.455. The Labute approximate surface area is 92.9 Å². The second-order valence-corrected chi connectivity index (χ2v) is 9.58. The average Bonchev–Trinajstić information content (AvgIpc) is 2.09. The number of allylic oxidation sites excluding steroid dienone is 3. The summed E-state index contributed by atoms with van der Waals surface area (Å²) in [4.78, 5) is 1.90. The molecular formula is C11H17N3Si. The molecule has 0 aliphatic carbocycles. The minimum absolute atomic E-state index is 0.243. The molecule has 0 saturated heterocycles. The Kier molecular flexibility index (Phi) is 4.83. The highest BCUT2D eigenvalue weighted by molar-refractivity contribution is 6.84. The van der Waals surface area contributed by atoms with Crippen molar-refractivity contribution in [2.24, 2.45) is 0 Å². The van der Waals surface area contributed by atoms with Crippen molar-refractivity contribution in [2.75, 3.05) is 14.1 Å². The summed E-state index contributed by atoms with van der Waals surface area (Å²) in [5.74, 6) is 0. The number of hydrogen-bond acceptors (Lipinski definition) is 3. The van der Waals surface area contributed by atoms with E-state index in [0.717, 1.165) is 5.20 Å². The third-order valence-electron chi connectivity index (χ3n) is 1.84. The minimum Gasteiger partial charge on any atom is -0.383 e. The van der Waals surface area contributed by atoms with E-state index < -0.39 is 8.07 Å². The lowest BCUT2D eigenvalue weighted by molar-refractivity contribution is 0.563. The average molecular weight is 219 g/mol. The van der Waals surface area contributed by atoms with Crippen LogP contribution in [0.15, 0.2) is 23.0 Å². The van der Waals surface area contributed by atoms with Gasteiger partial charge in [-0.25, -0.2) is 0 Å². The normalized spacial score (nSPS) is 10.6. The predicted octanol–water partition coefficient (Wildman–Crippen LogP) is 2.28. The van der Waals surface area contributed by atoms with Crippen LogP contribution in [0.2, 0.25) is 19.6 Å². The van der Waals surface area contributed by atoms with E-state index in [2.05, 4.69) is 19.6 Å². The predicted molar refractivity (Wildman–Crippen MR) is 64.4 cm³/mol. The lowest BCUT2D eigenvalue weighted by Gasteiger charge is -2.18. The van der Waals surface area contributed by atoms with Crippen LogP contribution in [0.4, 0.5) is 0 Å². The molecule has 80 valence electrons. The molecule has 15 heavy (non-hydrogen) atoms. The number of hydrogen-bond donors (Lipinski definition) is 0. The molecular weight excluding hydrogens is 202 g/mol. The Balaban J connectivity index is 5.40. The van der Waals surface area contributed by atoms with Crippen molar-refractivity contribution >= 4 is 8.07 Å². The Morgan fingerprint density at radius 1 is 1.13 bits per heavy atom. The van der Waals surface area contributed by atoms with Crippen molar-refractivity contribution in [1.29, 1.82) is 10.5 Å². The van der Waals surface area contributed by atoms with Crippen LogP contribution in [-0.2, 0) is 0 Å². The molecule has 0 aromatic heterocycles. The van der Waals surface area contributed by atoms with Crippen LogP contribution in [0.1, 0.15) is 0 Å². The van der Waals surface area contributed by atoms with Crippen molar-refractivity contribution in [3.63, 3.8) is 0 Å². The molecule has 0 heterocycles. The van der Waals surface area contributed by atoms with E-state index in [9.17, 15) is 0 Å². The van der Waals surface area contributed by atoms with E-state index in [4.69, 9.17) is 10.5 Å². The second kappa shape index (κ2) is 5.38. The molecule has 0 N–H and O–H groups in total. The molecule has 0 aromatic carbocycles. The first kappa shape index (κ1) is 13.5. The zero-order valence-electron chi connectivity index (χ0n) is 10.00. The summed E-state index contributed by atoms with van der Waals surface area (Å²) in [6.07, 6.45) is 3.76. The van der Waals surface area contributed by atoms with E-state index >= 15 is 0 Å². The first-order valence-electron chi connectivity index (χ1n) is 4.72. The number of nitrogens with zero attached hydrogens (tertiary/aromatic N) is 3. The maximum absolute atomic E-state index is 8.87. The Bertz CT molecular complexity index is 343. The van der Waals surface area contributed by atoms with Gasteiger partial charge in [-0.1, -0.05) is 19.6 Å². The fourth-order valence-corrected chi connectivity index (χ4v) is 2.51. The first-order chi connectivity index (χ1) is 6.82. The summed E-state index contributed by atoms with van der Waals surface area (Å²) < 4.78 is 0. The third-order valence-corrected chi connectivity index (χ3v) is 3.87. The molecule has 0 unspecified atom stereocenters. The maximum atomic E-state index is 8.87. The van der Waals surface area contributed by atoms with Gasteiger partial charge in [-0.2, -0.15) is 10.5 Å². The third kappa shape index (κ3) is 4.48. The molecule has 0 aliphatic heterocycles. The SMILES string of the molecule is CN(C)/C=C/C(=C(C#N)C#N)[Si](C)(C)C. The monoisotopic (exact) mass is 219 g/mol. The Hall–Kier alpha value is -1.52. The minimum atomic E-state index is -1.64. The molecule has 0 fully saturated rings. The van der Waals surface area contributed by atoms with Crippen molar-refractivity contribution in [3.8, 4) is 12.1 Å². The molecule has 0 aliphatic rings. The lowest BCUT2D eigenvalue weighted by atomic mass is 10.3. The van der Waals surface area contributed by atoms with Crippen molar-refractivity contribution < 1.29 is 0 Å². The van der Waals surface area contributed by atoms with E-state index in [1.807, 2.05) is 43.4 Å². The quantitative estimate of drug-likeness (QED) is 0.416. The summed E-state index contributed by atoms with van der Waals surface area (Å²) in [5.41, 5.74) is 0.243. The number of nitriles is 2. The lowest BCUT2D eigenvalue weighted by Crippen LogP contribution is -2.24. The topological polar surface area (TPSA) is 50.8 Å². The van der Waals surface area contributed by atoms with Crippen molar-refractivity contribution in [3.05, 3.63) is 23.0 Å². The molecule has 0 spiro atoms. The highest BCUT2D eigenvalue weighted by Gasteiger charge is 2.21. The summed E-state index contributed by atoms with van der Waals surface area (Å²) >= 11 is 0. The maximum Gasteiger partial charge on any atom is 0.128 e. The van der Waals surface area contributed by atoms with Crippen LogP contribution in [0.5, 0.6) is 0 Å². The molecule has 0 rings (SSSR count). The van der Waals surface area contributed by atoms with E-state index in [-0.39, 0.29) is 5.57 Å². The molecule has 0 amide bonds. The van der Waals surface area contributed by atoms with Crippen LogP contribution in [-0.4, -0.2) is 27.1 Å². The fourth-order valence-electron chi connectivity index (χ4n) is 1.08. The molecule has 0 atom stereocenters. The van der Waals surface area contributed by atoms with Gasteiger partial charge in [0.15, 0.2) is 0 Å². The van der Waals surface area contributed by atoms with Gasteiger partial charge in [0.1, 0.15) is 17.7 Å². The van der Waals surface area contributed by atoms with Gasteiger partial charge in [-0.3, -0.25) is 0 Å². The largest absolute Gasteiger partial charge is 0.383 e. The zero-order chi connectivity index (χ0) is 12.1. The molecule has 0 saturated carbocycles. The number of rotatable bonds is 3. The standard InChI is InChI=1S/C11H17N3Si/c1-14(2)7-6-11(15(3,4)5)10(8-12)9-13/h6-7H,1-5H3/b7-6+.